The lowest BCUT2D eigenvalue weighted by atomic mass is 10.2. The van der Waals surface area contributed by atoms with Crippen molar-refractivity contribution in [2.45, 2.75) is 6.92 Å². The Balaban J connectivity index is 1.90. The fraction of sp³-hybridized carbons (Fsp3) is 0.158. The molecule has 1 aromatic carbocycles. The predicted molar refractivity (Wildman–Crippen MR) is 98.6 cm³/mol. The van der Waals surface area contributed by atoms with Crippen LogP contribution in [0.25, 0.3) is 22.2 Å². The SMILES string of the molecule is CCOC(=O)c1cnn2c1ncc1c(=O)n(-c3cccc(OC)c3)ccc12. The second kappa shape index (κ2) is 6.56. The first-order chi connectivity index (χ1) is 13.1. The van der Waals surface area contributed by atoms with Gasteiger partial charge in [0.2, 0.25) is 0 Å². The van der Waals surface area contributed by atoms with E-state index in [0.717, 1.165) is 0 Å². The van der Waals surface area contributed by atoms with E-state index in [2.05, 4.69) is 10.1 Å². The molecule has 0 fully saturated rings. The molecule has 0 aliphatic rings. The summed E-state index contributed by atoms with van der Waals surface area (Å²) in [4.78, 5) is 29.3. The van der Waals surface area contributed by atoms with Crippen LogP contribution in [0.2, 0.25) is 0 Å². The van der Waals surface area contributed by atoms with Crippen molar-refractivity contribution in [2.75, 3.05) is 13.7 Å². The zero-order valence-corrected chi connectivity index (χ0v) is 14.7. The number of benzene rings is 1. The molecule has 0 saturated heterocycles. The van der Waals surface area contributed by atoms with Gasteiger partial charge >= 0.3 is 5.97 Å². The fourth-order valence-electron chi connectivity index (χ4n) is 2.93. The second-order valence-electron chi connectivity index (χ2n) is 5.76. The number of hydrogen-bond donors (Lipinski definition) is 0. The van der Waals surface area contributed by atoms with Crippen LogP contribution in [0, 0.1) is 0 Å². The summed E-state index contributed by atoms with van der Waals surface area (Å²) in [6, 6.07) is 8.96. The number of methoxy groups -OCH3 is 1. The van der Waals surface area contributed by atoms with Crippen molar-refractivity contribution in [1.29, 1.82) is 0 Å². The summed E-state index contributed by atoms with van der Waals surface area (Å²) >= 11 is 0. The highest BCUT2D eigenvalue weighted by Gasteiger charge is 2.17. The Morgan fingerprint density at radius 1 is 1.22 bits per heavy atom. The third kappa shape index (κ3) is 2.71. The number of esters is 1. The van der Waals surface area contributed by atoms with Crippen molar-refractivity contribution < 1.29 is 14.3 Å². The Morgan fingerprint density at radius 3 is 2.85 bits per heavy atom. The highest BCUT2D eigenvalue weighted by Crippen LogP contribution is 2.18. The predicted octanol–water partition coefficient (Wildman–Crippen LogP) is 2.22. The van der Waals surface area contributed by atoms with Crippen molar-refractivity contribution in [3.05, 3.63) is 64.8 Å². The van der Waals surface area contributed by atoms with Gasteiger partial charge < -0.3 is 9.47 Å². The number of carbonyl (C=O) groups is 1. The van der Waals surface area contributed by atoms with Crippen LogP contribution in [0.1, 0.15) is 17.3 Å². The number of carbonyl (C=O) groups excluding carboxylic acids is 1. The number of ether oxygens (including phenoxy) is 2. The Kier molecular flexibility index (Phi) is 4.08. The van der Waals surface area contributed by atoms with E-state index in [-0.39, 0.29) is 17.7 Å². The summed E-state index contributed by atoms with van der Waals surface area (Å²) in [5, 5.41) is 4.59. The maximum Gasteiger partial charge on any atom is 0.343 e. The Bertz CT molecular complexity index is 1230. The van der Waals surface area contributed by atoms with Crippen molar-refractivity contribution >= 4 is 22.5 Å². The van der Waals surface area contributed by atoms with Crippen LogP contribution in [-0.2, 0) is 4.74 Å². The number of pyridine rings is 1. The highest BCUT2D eigenvalue weighted by molar-refractivity contribution is 5.96. The average Bonchev–Trinajstić information content (AvgIpc) is 3.13. The maximum atomic E-state index is 13.0. The first-order valence-corrected chi connectivity index (χ1v) is 8.33. The summed E-state index contributed by atoms with van der Waals surface area (Å²) in [5.41, 5.74) is 1.59. The first kappa shape index (κ1) is 16.8. The lowest BCUT2D eigenvalue weighted by molar-refractivity contribution is 0.0528. The second-order valence-corrected chi connectivity index (χ2v) is 5.76. The van der Waals surface area contributed by atoms with Gasteiger partial charge in [-0.1, -0.05) is 6.07 Å². The van der Waals surface area contributed by atoms with Gasteiger partial charge in [0, 0.05) is 18.5 Å². The smallest absolute Gasteiger partial charge is 0.343 e. The Labute approximate surface area is 153 Å². The molecule has 0 unspecified atom stereocenters. The Morgan fingerprint density at radius 2 is 2.07 bits per heavy atom. The minimum absolute atomic E-state index is 0.247. The normalized spacial score (nSPS) is 11.0. The lowest BCUT2D eigenvalue weighted by Crippen LogP contribution is -2.19. The summed E-state index contributed by atoms with van der Waals surface area (Å²) in [7, 11) is 1.57. The third-order valence-corrected chi connectivity index (χ3v) is 4.22. The van der Waals surface area contributed by atoms with Gasteiger partial charge in [0.05, 0.1) is 36.5 Å². The number of fused-ring (bicyclic) bond motifs is 3. The van der Waals surface area contributed by atoms with Crippen molar-refractivity contribution in [3.8, 4) is 11.4 Å². The van der Waals surface area contributed by atoms with Gasteiger partial charge in [-0.25, -0.2) is 14.3 Å². The highest BCUT2D eigenvalue weighted by atomic mass is 16.5. The standard InChI is InChI=1S/C19H16N4O4/c1-3-27-19(25)15-11-21-23-16-7-8-22(12-5-4-6-13(9-12)26-2)18(24)14(16)10-20-17(15)23/h4-11H,3H2,1-2H3. The molecule has 0 saturated carbocycles. The molecule has 3 heterocycles. The Hall–Kier alpha value is -3.68. The average molecular weight is 364 g/mol. The fourth-order valence-corrected chi connectivity index (χ4v) is 2.93. The van der Waals surface area contributed by atoms with Crippen LogP contribution in [-0.4, -0.2) is 38.9 Å². The molecule has 4 rings (SSSR count). The van der Waals surface area contributed by atoms with Gasteiger partial charge in [-0.3, -0.25) is 9.36 Å². The number of nitrogens with zero attached hydrogens (tertiary/aromatic N) is 4. The molecule has 0 amide bonds. The van der Waals surface area contributed by atoms with E-state index in [4.69, 9.17) is 9.47 Å². The minimum Gasteiger partial charge on any atom is -0.497 e. The van der Waals surface area contributed by atoms with Gasteiger partial charge in [0.1, 0.15) is 11.3 Å². The van der Waals surface area contributed by atoms with Gasteiger partial charge in [-0.2, -0.15) is 5.10 Å². The summed E-state index contributed by atoms with van der Waals surface area (Å²) in [5.74, 6) is 0.156. The van der Waals surface area contributed by atoms with E-state index in [9.17, 15) is 9.59 Å². The first-order valence-electron chi connectivity index (χ1n) is 8.33. The van der Waals surface area contributed by atoms with E-state index in [1.165, 1.54) is 21.5 Å². The van der Waals surface area contributed by atoms with Crippen LogP contribution in [0.15, 0.2) is 53.7 Å². The molecule has 3 aromatic heterocycles. The molecule has 0 radical (unpaired) electrons. The zero-order valence-electron chi connectivity index (χ0n) is 14.7. The summed E-state index contributed by atoms with van der Waals surface area (Å²) in [6.07, 6.45) is 4.51. The third-order valence-electron chi connectivity index (χ3n) is 4.22. The van der Waals surface area contributed by atoms with Crippen molar-refractivity contribution in [3.63, 3.8) is 0 Å². The van der Waals surface area contributed by atoms with E-state index < -0.39 is 5.97 Å². The molecule has 136 valence electrons. The molecule has 8 nitrogen and oxygen atoms in total. The molecular weight excluding hydrogens is 348 g/mol. The minimum atomic E-state index is -0.496. The van der Waals surface area contributed by atoms with Gasteiger partial charge in [0.15, 0.2) is 5.65 Å². The number of aromatic nitrogens is 4. The van der Waals surface area contributed by atoms with E-state index in [1.54, 1.807) is 38.4 Å². The number of hydrogen-bond acceptors (Lipinski definition) is 6. The topological polar surface area (TPSA) is 87.7 Å². The van der Waals surface area contributed by atoms with E-state index in [0.29, 0.717) is 28.0 Å². The van der Waals surface area contributed by atoms with Gasteiger partial charge in [-0.15, -0.1) is 0 Å². The number of rotatable bonds is 4. The molecule has 0 spiro atoms. The van der Waals surface area contributed by atoms with Crippen molar-refractivity contribution in [1.82, 2.24) is 19.2 Å². The molecule has 4 aromatic rings. The molecule has 27 heavy (non-hydrogen) atoms. The summed E-state index contributed by atoms with van der Waals surface area (Å²) in [6.45, 7) is 1.99. The van der Waals surface area contributed by atoms with Crippen LogP contribution in [0.4, 0.5) is 0 Å². The van der Waals surface area contributed by atoms with E-state index in [1.807, 2.05) is 12.1 Å². The summed E-state index contributed by atoms with van der Waals surface area (Å²) < 4.78 is 13.2. The van der Waals surface area contributed by atoms with Gasteiger partial charge in [-0.05, 0) is 25.1 Å². The van der Waals surface area contributed by atoms with Crippen LogP contribution >= 0.6 is 0 Å². The molecule has 0 atom stereocenters. The van der Waals surface area contributed by atoms with Crippen LogP contribution < -0.4 is 10.3 Å². The molecule has 8 heteroatoms. The van der Waals surface area contributed by atoms with Crippen molar-refractivity contribution in [2.24, 2.45) is 0 Å². The molecule has 0 bridgehead atoms. The van der Waals surface area contributed by atoms with Crippen LogP contribution in [0.5, 0.6) is 5.75 Å². The quantitative estimate of drug-likeness (QED) is 0.516. The maximum absolute atomic E-state index is 13.0. The molecule has 0 aliphatic carbocycles. The lowest BCUT2D eigenvalue weighted by Gasteiger charge is -2.09. The monoisotopic (exact) mass is 364 g/mol. The molecule has 0 N–H and O–H groups in total. The zero-order chi connectivity index (χ0) is 19.0. The van der Waals surface area contributed by atoms with Gasteiger partial charge in [0.25, 0.3) is 5.56 Å². The van der Waals surface area contributed by atoms with E-state index >= 15 is 0 Å². The molecule has 0 aliphatic heterocycles. The largest absolute Gasteiger partial charge is 0.497 e. The molecular formula is C19H16N4O4. The van der Waals surface area contributed by atoms with Crippen LogP contribution in [0.3, 0.4) is 0 Å².